The highest BCUT2D eigenvalue weighted by Crippen LogP contribution is 2.02. The largest absolute Gasteiger partial charge is 0.381 e. The van der Waals surface area contributed by atoms with Gasteiger partial charge >= 0.3 is 0 Å². The summed E-state index contributed by atoms with van der Waals surface area (Å²) in [6, 6.07) is 8.67. The molecule has 0 aliphatic heterocycles. The fourth-order valence-electron chi connectivity index (χ4n) is 1.56. The van der Waals surface area contributed by atoms with E-state index in [2.05, 4.69) is 50.4 Å². The Morgan fingerprint density at radius 3 is 2.53 bits per heavy atom. The molecule has 1 N–H and O–H groups in total. The third-order valence-electron chi connectivity index (χ3n) is 2.54. The maximum Gasteiger partial charge on any atom is 0.0489 e. The van der Waals surface area contributed by atoms with Crippen molar-refractivity contribution in [3.8, 4) is 0 Å². The summed E-state index contributed by atoms with van der Waals surface area (Å²) in [7, 11) is 0. The molecule has 0 aliphatic carbocycles. The van der Waals surface area contributed by atoms with Gasteiger partial charge in [-0.05, 0) is 31.4 Å². The molecule has 0 amide bonds. The summed E-state index contributed by atoms with van der Waals surface area (Å²) >= 11 is 0. The lowest BCUT2D eigenvalue weighted by atomic mass is 10.1. The van der Waals surface area contributed by atoms with E-state index >= 15 is 0 Å². The molecule has 1 rings (SSSR count). The summed E-state index contributed by atoms with van der Waals surface area (Å²) in [5.41, 5.74) is 2.66. The Labute approximate surface area is 105 Å². The number of aryl methyl sites for hydroxylation is 1. The highest BCUT2D eigenvalue weighted by Gasteiger charge is 1.94. The van der Waals surface area contributed by atoms with Gasteiger partial charge in [0.05, 0.1) is 0 Å². The monoisotopic (exact) mass is 235 g/mol. The maximum absolute atomic E-state index is 5.52. The van der Waals surface area contributed by atoms with Crippen molar-refractivity contribution in [2.24, 2.45) is 5.92 Å². The predicted molar refractivity (Wildman–Crippen MR) is 73.2 cm³/mol. The molecule has 0 fully saturated rings. The molecule has 0 spiro atoms. The maximum atomic E-state index is 5.52. The number of hydrogen-bond acceptors (Lipinski definition) is 2. The second-order valence-corrected chi connectivity index (χ2v) is 4.98. The van der Waals surface area contributed by atoms with Crippen LogP contribution < -0.4 is 5.32 Å². The highest BCUT2D eigenvalue weighted by molar-refractivity contribution is 5.20. The number of benzene rings is 1. The van der Waals surface area contributed by atoms with Crippen molar-refractivity contribution in [3.05, 3.63) is 35.4 Å². The van der Waals surface area contributed by atoms with Crippen LogP contribution in [0.3, 0.4) is 0 Å². The van der Waals surface area contributed by atoms with Crippen LogP contribution in [0.1, 0.15) is 31.4 Å². The quantitative estimate of drug-likeness (QED) is 0.699. The normalized spacial score (nSPS) is 11.1. The van der Waals surface area contributed by atoms with Crippen molar-refractivity contribution in [2.45, 2.75) is 33.7 Å². The molecule has 0 radical (unpaired) electrons. The molecule has 1 aromatic rings. The van der Waals surface area contributed by atoms with Gasteiger partial charge in [0, 0.05) is 19.8 Å². The minimum absolute atomic E-state index is 0.635. The summed E-state index contributed by atoms with van der Waals surface area (Å²) in [5.74, 6) is 0.635. The van der Waals surface area contributed by atoms with Crippen LogP contribution in [0.15, 0.2) is 24.3 Å². The van der Waals surface area contributed by atoms with Crippen molar-refractivity contribution < 1.29 is 4.74 Å². The van der Waals surface area contributed by atoms with Gasteiger partial charge in [-0.1, -0.05) is 43.7 Å². The Morgan fingerprint density at radius 1 is 1.18 bits per heavy atom. The Bertz CT molecular complexity index is 292. The van der Waals surface area contributed by atoms with Crippen molar-refractivity contribution >= 4 is 0 Å². The zero-order chi connectivity index (χ0) is 12.5. The molecule has 2 heteroatoms. The molecule has 0 bridgehead atoms. The van der Waals surface area contributed by atoms with Crippen molar-refractivity contribution in [1.29, 1.82) is 0 Å². The third kappa shape index (κ3) is 7.14. The Kier molecular flexibility index (Phi) is 6.90. The second-order valence-electron chi connectivity index (χ2n) is 4.98. The zero-order valence-electron chi connectivity index (χ0n) is 11.3. The summed E-state index contributed by atoms with van der Waals surface area (Å²) < 4.78 is 5.52. The third-order valence-corrected chi connectivity index (χ3v) is 2.54. The summed E-state index contributed by atoms with van der Waals surface area (Å²) in [6.07, 6.45) is 1.08. The molecular formula is C15H25NO. The predicted octanol–water partition coefficient (Wildman–Crippen LogP) is 3.15. The van der Waals surface area contributed by atoms with Crippen molar-refractivity contribution in [2.75, 3.05) is 19.8 Å². The van der Waals surface area contributed by atoms with E-state index in [4.69, 9.17) is 4.74 Å². The number of hydrogen-bond donors (Lipinski definition) is 1. The average Bonchev–Trinajstić information content (AvgIpc) is 2.30. The lowest BCUT2D eigenvalue weighted by molar-refractivity contribution is 0.108. The zero-order valence-corrected chi connectivity index (χ0v) is 11.3. The first-order valence-electron chi connectivity index (χ1n) is 6.52. The van der Waals surface area contributed by atoms with Crippen LogP contribution in [0.4, 0.5) is 0 Å². The van der Waals surface area contributed by atoms with E-state index in [0.29, 0.717) is 5.92 Å². The molecule has 1 aromatic carbocycles. The Hall–Kier alpha value is -0.860. The lowest BCUT2D eigenvalue weighted by Gasteiger charge is -2.08. The molecule has 2 nitrogen and oxygen atoms in total. The van der Waals surface area contributed by atoms with Crippen LogP contribution in [0, 0.1) is 12.8 Å². The second kappa shape index (κ2) is 8.26. The summed E-state index contributed by atoms with van der Waals surface area (Å²) in [6.45, 7) is 10.2. The van der Waals surface area contributed by atoms with Gasteiger partial charge < -0.3 is 10.1 Å². The Morgan fingerprint density at radius 2 is 1.88 bits per heavy atom. The smallest absolute Gasteiger partial charge is 0.0489 e. The van der Waals surface area contributed by atoms with Crippen LogP contribution in [-0.4, -0.2) is 19.8 Å². The van der Waals surface area contributed by atoms with E-state index in [1.54, 1.807) is 0 Å². The van der Waals surface area contributed by atoms with Gasteiger partial charge in [-0.25, -0.2) is 0 Å². The fraction of sp³-hybridized carbons (Fsp3) is 0.600. The van der Waals surface area contributed by atoms with Gasteiger partial charge in [0.2, 0.25) is 0 Å². The van der Waals surface area contributed by atoms with Crippen molar-refractivity contribution in [3.63, 3.8) is 0 Å². The minimum atomic E-state index is 0.635. The van der Waals surface area contributed by atoms with E-state index in [9.17, 15) is 0 Å². The van der Waals surface area contributed by atoms with Gasteiger partial charge in [-0.15, -0.1) is 0 Å². The average molecular weight is 235 g/mol. The van der Waals surface area contributed by atoms with E-state index < -0.39 is 0 Å². The topological polar surface area (TPSA) is 21.3 Å². The molecule has 0 saturated carbocycles. The molecule has 0 unspecified atom stereocenters. The van der Waals surface area contributed by atoms with Gasteiger partial charge in [-0.2, -0.15) is 0 Å². The SMILES string of the molecule is Cc1ccc(CNCCCOCC(C)C)cc1. The number of ether oxygens (including phenoxy) is 1. The highest BCUT2D eigenvalue weighted by atomic mass is 16.5. The molecule has 0 aliphatic rings. The first-order chi connectivity index (χ1) is 8.18. The number of nitrogens with one attached hydrogen (secondary N) is 1. The summed E-state index contributed by atoms with van der Waals surface area (Å²) in [4.78, 5) is 0. The van der Waals surface area contributed by atoms with E-state index in [0.717, 1.165) is 32.7 Å². The van der Waals surface area contributed by atoms with Gasteiger partial charge in [0.25, 0.3) is 0 Å². The van der Waals surface area contributed by atoms with Crippen LogP contribution in [0.25, 0.3) is 0 Å². The molecule has 96 valence electrons. The summed E-state index contributed by atoms with van der Waals surface area (Å²) in [5, 5.41) is 3.43. The van der Waals surface area contributed by atoms with E-state index in [1.807, 2.05) is 0 Å². The van der Waals surface area contributed by atoms with Gasteiger partial charge in [0.15, 0.2) is 0 Å². The molecule has 0 heterocycles. The fourth-order valence-corrected chi connectivity index (χ4v) is 1.56. The molecule has 0 atom stereocenters. The lowest BCUT2D eigenvalue weighted by Crippen LogP contribution is -2.16. The molecular weight excluding hydrogens is 210 g/mol. The number of rotatable bonds is 8. The first-order valence-corrected chi connectivity index (χ1v) is 6.52. The minimum Gasteiger partial charge on any atom is -0.381 e. The van der Waals surface area contributed by atoms with E-state index in [-0.39, 0.29) is 0 Å². The molecule has 17 heavy (non-hydrogen) atoms. The Balaban J connectivity index is 1.99. The van der Waals surface area contributed by atoms with Gasteiger partial charge in [-0.3, -0.25) is 0 Å². The van der Waals surface area contributed by atoms with Crippen LogP contribution in [0.5, 0.6) is 0 Å². The van der Waals surface area contributed by atoms with Crippen LogP contribution >= 0.6 is 0 Å². The van der Waals surface area contributed by atoms with E-state index in [1.165, 1.54) is 11.1 Å². The molecule has 0 aromatic heterocycles. The van der Waals surface area contributed by atoms with Crippen molar-refractivity contribution in [1.82, 2.24) is 5.32 Å². The standard InChI is InChI=1S/C15H25NO/c1-13(2)12-17-10-4-9-16-11-15-7-5-14(3)6-8-15/h5-8,13,16H,4,9-12H2,1-3H3. The molecule has 0 saturated heterocycles. The van der Waals surface area contributed by atoms with Gasteiger partial charge in [0.1, 0.15) is 0 Å². The van der Waals surface area contributed by atoms with Crippen LogP contribution in [-0.2, 0) is 11.3 Å². The first kappa shape index (κ1) is 14.2. The van der Waals surface area contributed by atoms with Crippen LogP contribution in [0.2, 0.25) is 0 Å².